The number of aromatic nitrogens is 3. The van der Waals surface area contributed by atoms with Crippen molar-refractivity contribution in [2.24, 2.45) is 5.41 Å². The van der Waals surface area contributed by atoms with Crippen molar-refractivity contribution in [3.8, 4) is 11.3 Å². The summed E-state index contributed by atoms with van der Waals surface area (Å²) in [5.41, 5.74) is 6.26. The fourth-order valence-corrected chi connectivity index (χ4v) is 4.91. The molecule has 1 saturated heterocycles. The summed E-state index contributed by atoms with van der Waals surface area (Å²) in [6, 6.07) is 19.4. The summed E-state index contributed by atoms with van der Waals surface area (Å²) in [5.74, 6) is 0.286. The second-order valence-corrected chi connectivity index (χ2v) is 11.5. The highest BCUT2D eigenvalue weighted by Crippen LogP contribution is 2.25. The maximum Gasteiger partial charge on any atom is 0.255 e. The lowest BCUT2D eigenvalue weighted by molar-refractivity contribution is 0.102. The van der Waals surface area contributed by atoms with Gasteiger partial charge in [-0.1, -0.05) is 26.8 Å². The van der Waals surface area contributed by atoms with E-state index in [0.29, 0.717) is 16.9 Å². The van der Waals surface area contributed by atoms with Gasteiger partial charge in [0.05, 0.1) is 5.69 Å². The van der Waals surface area contributed by atoms with E-state index >= 15 is 0 Å². The number of rotatable bonds is 7. The first-order chi connectivity index (χ1) is 19.2. The van der Waals surface area contributed by atoms with E-state index in [-0.39, 0.29) is 5.91 Å². The van der Waals surface area contributed by atoms with Gasteiger partial charge in [0, 0.05) is 79.5 Å². The topological polar surface area (TPSA) is 86.3 Å². The van der Waals surface area contributed by atoms with Gasteiger partial charge in [0.25, 0.3) is 5.91 Å². The number of nitrogens with one attached hydrogen (secondary N) is 2. The average Bonchev–Trinajstić information content (AvgIpc) is 2.95. The van der Waals surface area contributed by atoms with Crippen LogP contribution in [0, 0.1) is 12.3 Å². The molecular formula is C32H37N7O. The maximum atomic E-state index is 13.1. The summed E-state index contributed by atoms with van der Waals surface area (Å²) < 4.78 is 0. The number of hydrogen-bond acceptors (Lipinski definition) is 7. The van der Waals surface area contributed by atoms with Crippen molar-refractivity contribution in [3.05, 3.63) is 90.4 Å². The summed E-state index contributed by atoms with van der Waals surface area (Å²) in [7, 11) is 0. The number of benzene rings is 2. The molecule has 0 unspecified atom stereocenters. The van der Waals surface area contributed by atoms with Crippen molar-refractivity contribution >= 4 is 28.9 Å². The minimum absolute atomic E-state index is 0.170. The molecule has 1 aliphatic heterocycles. The van der Waals surface area contributed by atoms with Crippen LogP contribution in [0.4, 0.5) is 23.0 Å². The quantitative estimate of drug-likeness (QED) is 0.300. The van der Waals surface area contributed by atoms with Crippen LogP contribution in [-0.2, 0) is 0 Å². The Labute approximate surface area is 236 Å². The molecule has 3 heterocycles. The standard InChI is InChI=1S/C32H37N7O/c1-23-7-8-24(20-29(23)37-31-34-15-13-28(36-31)25-6-5-14-33-21-25)30(40)35-26-9-11-27(12-10-26)39-18-16-38(17-19-39)22-32(2,3)4/h5-15,20-21H,16-19,22H2,1-4H3,(H,35,40)(H,34,36,37). The summed E-state index contributed by atoms with van der Waals surface area (Å²) in [6.07, 6.45) is 5.20. The SMILES string of the molecule is Cc1ccc(C(=O)Nc2ccc(N3CCN(CC(C)(C)C)CC3)cc2)cc1Nc1nccc(-c2cccnc2)n1. The third-order valence-electron chi connectivity index (χ3n) is 6.92. The van der Waals surface area contributed by atoms with Crippen molar-refractivity contribution in [2.45, 2.75) is 27.7 Å². The summed E-state index contributed by atoms with van der Waals surface area (Å²) >= 11 is 0. The van der Waals surface area contributed by atoms with Crippen LogP contribution in [0.1, 0.15) is 36.7 Å². The van der Waals surface area contributed by atoms with Crippen molar-refractivity contribution < 1.29 is 4.79 Å². The van der Waals surface area contributed by atoms with Gasteiger partial charge in [0.1, 0.15) is 0 Å². The van der Waals surface area contributed by atoms with Crippen LogP contribution in [0.25, 0.3) is 11.3 Å². The third kappa shape index (κ3) is 7.01. The molecule has 0 radical (unpaired) electrons. The highest BCUT2D eigenvalue weighted by atomic mass is 16.1. The molecule has 2 aromatic carbocycles. The van der Waals surface area contributed by atoms with Crippen LogP contribution in [0.5, 0.6) is 0 Å². The van der Waals surface area contributed by atoms with Gasteiger partial charge in [0.15, 0.2) is 0 Å². The fraction of sp³-hybridized carbons (Fsp3) is 0.312. The molecular weight excluding hydrogens is 498 g/mol. The van der Waals surface area contributed by atoms with Crippen LogP contribution in [0.3, 0.4) is 0 Å². The number of hydrogen-bond donors (Lipinski definition) is 2. The van der Waals surface area contributed by atoms with Gasteiger partial charge in [-0.25, -0.2) is 9.97 Å². The van der Waals surface area contributed by atoms with E-state index in [1.165, 1.54) is 5.69 Å². The first-order valence-corrected chi connectivity index (χ1v) is 13.7. The normalized spacial score (nSPS) is 14.2. The highest BCUT2D eigenvalue weighted by Gasteiger charge is 2.21. The zero-order valence-corrected chi connectivity index (χ0v) is 23.7. The van der Waals surface area contributed by atoms with Gasteiger partial charge < -0.3 is 15.5 Å². The molecule has 0 atom stereocenters. The molecule has 206 valence electrons. The van der Waals surface area contributed by atoms with E-state index in [1.54, 1.807) is 18.6 Å². The molecule has 1 fully saturated rings. The van der Waals surface area contributed by atoms with E-state index in [0.717, 1.165) is 60.9 Å². The van der Waals surface area contributed by atoms with Crippen LogP contribution in [0.15, 0.2) is 79.3 Å². The molecule has 0 saturated carbocycles. The number of amides is 1. The molecule has 4 aromatic rings. The highest BCUT2D eigenvalue weighted by molar-refractivity contribution is 6.05. The zero-order chi connectivity index (χ0) is 28.1. The second-order valence-electron chi connectivity index (χ2n) is 11.5. The molecule has 40 heavy (non-hydrogen) atoms. The van der Waals surface area contributed by atoms with Crippen molar-refractivity contribution in [1.82, 2.24) is 19.9 Å². The van der Waals surface area contributed by atoms with E-state index in [2.05, 4.69) is 68.3 Å². The Morgan fingerprint density at radius 2 is 1.73 bits per heavy atom. The molecule has 1 amide bonds. The largest absolute Gasteiger partial charge is 0.369 e. The number of anilines is 4. The Bertz CT molecular complexity index is 1440. The van der Waals surface area contributed by atoms with Crippen molar-refractivity contribution in [3.63, 3.8) is 0 Å². The van der Waals surface area contributed by atoms with E-state index in [9.17, 15) is 4.79 Å². The minimum Gasteiger partial charge on any atom is -0.369 e. The van der Waals surface area contributed by atoms with Crippen LogP contribution >= 0.6 is 0 Å². The van der Waals surface area contributed by atoms with Crippen LogP contribution < -0.4 is 15.5 Å². The predicted octanol–water partition coefficient (Wildman–Crippen LogP) is 6.01. The fourth-order valence-electron chi connectivity index (χ4n) is 4.91. The lowest BCUT2D eigenvalue weighted by atomic mass is 9.96. The van der Waals surface area contributed by atoms with Gasteiger partial charge in [-0.05, 0) is 72.5 Å². The number of piperazine rings is 1. The summed E-state index contributed by atoms with van der Waals surface area (Å²) in [4.78, 5) is 31.2. The van der Waals surface area contributed by atoms with Gasteiger partial charge in [-0.2, -0.15) is 0 Å². The lowest BCUT2D eigenvalue weighted by Crippen LogP contribution is -2.48. The van der Waals surface area contributed by atoms with E-state index in [4.69, 9.17) is 0 Å². The first kappa shape index (κ1) is 27.3. The number of carbonyl (C=O) groups excluding carboxylic acids is 1. The predicted molar refractivity (Wildman–Crippen MR) is 162 cm³/mol. The van der Waals surface area contributed by atoms with Gasteiger partial charge in [0.2, 0.25) is 5.95 Å². The first-order valence-electron chi connectivity index (χ1n) is 13.7. The molecule has 8 nitrogen and oxygen atoms in total. The monoisotopic (exact) mass is 535 g/mol. The smallest absolute Gasteiger partial charge is 0.255 e. The zero-order valence-electron chi connectivity index (χ0n) is 23.7. The Kier molecular flexibility index (Phi) is 8.07. The molecule has 0 bridgehead atoms. The Hall–Kier alpha value is -4.30. The number of pyridine rings is 1. The Morgan fingerprint density at radius 1 is 0.950 bits per heavy atom. The van der Waals surface area contributed by atoms with Gasteiger partial charge in [-0.15, -0.1) is 0 Å². The summed E-state index contributed by atoms with van der Waals surface area (Å²) in [5, 5.41) is 6.30. The van der Waals surface area contributed by atoms with Crippen molar-refractivity contribution in [1.29, 1.82) is 0 Å². The third-order valence-corrected chi connectivity index (χ3v) is 6.92. The lowest BCUT2D eigenvalue weighted by Gasteiger charge is -2.38. The number of carbonyl (C=O) groups is 1. The molecule has 1 aliphatic rings. The van der Waals surface area contributed by atoms with Crippen LogP contribution in [-0.4, -0.2) is 58.5 Å². The Balaban J connectivity index is 1.21. The van der Waals surface area contributed by atoms with Crippen LogP contribution in [0.2, 0.25) is 0 Å². The van der Waals surface area contributed by atoms with E-state index < -0.39 is 0 Å². The minimum atomic E-state index is -0.170. The second kappa shape index (κ2) is 11.8. The summed E-state index contributed by atoms with van der Waals surface area (Å²) in [6.45, 7) is 14.1. The maximum absolute atomic E-state index is 13.1. The molecule has 2 N–H and O–H groups in total. The van der Waals surface area contributed by atoms with Gasteiger partial charge in [-0.3, -0.25) is 14.7 Å². The number of aryl methyl sites for hydroxylation is 1. The van der Waals surface area contributed by atoms with E-state index in [1.807, 2.05) is 55.5 Å². The average molecular weight is 536 g/mol. The molecule has 5 rings (SSSR count). The number of nitrogens with zero attached hydrogens (tertiary/aromatic N) is 5. The molecule has 0 aliphatic carbocycles. The van der Waals surface area contributed by atoms with Crippen molar-refractivity contribution in [2.75, 3.05) is 48.3 Å². The Morgan fingerprint density at radius 3 is 2.42 bits per heavy atom. The van der Waals surface area contributed by atoms with Gasteiger partial charge >= 0.3 is 0 Å². The molecule has 8 heteroatoms. The molecule has 0 spiro atoms. The molecule has 2 aromatic heterocycles.